The molecular weight excluding hydrogens is 445 g/mol. The van der Waals surface area contributed by atoms with E-state index in [9.17, 15) is 9.18 Å². The van der Waals surface area contributed by atoms with E-state index < -0.39 is 0 Å². The van der Waals surface area contributed by atoms with E-state index in [4.69, 9.17) is 4.99 Å². The van der Waals surface area contributed by atoms with Crippen LogP contribution in [0.2, 0.25) is 0 Å². The Morgan fingerprint density at radius 3 is 2.62 bits per heavy atom. The van der Waals surface area contributed by atoms with Crippen molar-refractivity contribution >= 4 is 29.1 Å². The summed E-state index contributed by atoms with van der Waals surface area (Å²) in [6, 6.07) is 20.5. The molecule has 1 atom stereocenters. The highest BCUT2D eigenvalue weighted by atomic mass is 32.2. The zero-order valence-electron chi connectivity index (χ0n) is 19.3. The average molecular weight is 476 g/mol. The first-order valence-electron chi connectivity index (χ1n) is 11.4. The van der Waals surface area contributed by atoms with Crippen LogP contribution in [0.15, 0.2) is 94.7 Å². The summed E-state index contributed by atoms with van der Waals surface area (Å²) >= 11 is 1.63. The van der Waals surface area contributed by atoms with Crippen molar-refractivity contribution in [3.63, 3.8) is 0 Å². The number of nitrogens with zero attached hydrogens (tertiary/aromatic N) is 2. The number of rotatable bonds is 3. The van der Waals surface area contributed by atoms with Crippen molar-refractivity contribution in [3.05, 3.63) is 102 Å². The van der Waals surface area contributed by atoms with E-state index in [1.54, 1.807) is 23.9 Å². The van der Waals surface area contributed by atoms with Gasteiger partial charge in [0.2, 0.25) is 0 Å². The molecule has 1 fully saturated rings. The maximum absolute atomic E-state index is 13.5. The number of benzene rings is 3. The van der Waals surface area contributed by atoms with Crippen LogP contribution in [-0.2, 0) is 0 Å². The first kappa shape index (κ1) is 23.9. The Bertz CT molecular complexity index is 1220. The predicted molar refractivity (Wildman–Crippen MR) is 140 cm³/mol. The predicted octanol–water partition coefficient (Wildman–Crippen LogP) is 7.03. The first-order chi connectivity index (χ1) is 16.6. The Morgan fingerprint density at radius 1 is 1.09 bits per heavy atom. The molecule has 0 radical (unpaired) electrons. The third kappa shape index (κ3) is 5.13. The number of hydrogen-bond donors (Lipinski definition) is 1. The molecule has 2 heterocycles. The fourth-order valence-corrected chi connectivity index (χ4v) is 5.17. The Balaban J connectivity index is 0.00000111. The quantitative estimate of drug-likeness (QED) is 0.324. The Kier molecular flexibility index (Phi) is 7.60. The maximum atomic E-state index is 13.5. The van der Waals surface area contributed by atoms with Gasteiger partial charge in [0.1, 0.15) is 5.82 Å². The molecule has 0 aromatic heterocycles. The number of fused-ring (bicyclic) bond motifs is 2. The monoisotopic (exact) mass is 475 g/mol. The molecule has 176 valence electrons. The van der Waals surface area contributed by atoms with Crippen LogP contribution in [0.5, 0.6) is 0 Å². The van der Waals surface area contributed by atoms with Crippen LogP contribution in [0, 0.1) is 5.82 Å². The van der Waals surface area contributed by atoms with Gasteiger partial charge in [0.05, 0.1) is 11.4 Å². The number of hydrazine groups is 1. The molecule has 1 amide bonds. The Morgan fingerprint density at radius 2 is 1.85 bits per heavy atom. The van der Waals surface area contributed by atoms with Crippen LogP contribution in [0.3, 0.4) is 0 Å². The molecule has 1 N–H and O–H groups in total. The zero-order valence-corrected chi connectivity index (χ0v) is 20.1. The second-order valence-electron chi connectivity index (χ2n) is 8.23. The van der Waals surface area contributed by atoms with Gasteiger partial charge in [-0.2, -0.15) is 0 Å². The van der Waals surface area contributed by atoms with Gasteiger partial charge in [0, 0.05) is 40.5 Å². The largest absolute Gasteiger partial charge is 0.285 e. The van der Waals surface area contributed by atoms with Crippen molar-refractivity contribution in [1.29, 1.82) is 0 Å². The number of amides is 1. The molecule has 0 spiro atoms. The van der Waals surface area contributed by atoms with Crippen molar-refractivity contribution in [2.24, 2.45) is 4.99 Å². The number of carbonyl (C=O) groups is 1. The lowest BCUT2D eigenvalue weighted by Crippen LogP contribution is -2.49. The molecule has 34 heavy (non-hydrogen) atoms. The zero-order chi connectivity index (χ0) is 24.1. The summed E-state index contributed by atoms with van der Waals surface area (Å²) < 4.78 is 13.5. The molecule has 6 heteroatoms. The van der Waals surface area contributed by atoms with E-state index in [1.807, 2.05) is 41.4 Å². The van der Waals surface area contributed by atoms with Gasteiger partial charge < -0.3 is 0 Å². The molecule has 0 aliphatic carbocycles. The topological polar surface area (TPSA) is 44.7 Å². The summed E-state index contributed by atoms with van der Waals surface area (Å²) in [6.07, 6.45) is 3.38. The number of carbonyl (C=O) groups excluding carboxylic acids is 1. The average Bonchev–Trinajstić information content (AvgIpc) is 3.03. The summed E-state index contributed by atoms with van der Waals surface area (Å²) in [5.41, 5.74) is 6.99. The minimum absolute atomic E-state index is 0. The maximum Gasteiger partial charge on any atom is 0.265 e. The smallest absolute Gasteiger partial charge is 0.265 e. The molecule has 3 aromatic rings. The first-order valence-corrected chi connectivity index (χ1v) is 12.2. The molecule has 0 bridgehead atoms. The van der Waals surface area contributed by atoms with Crippen molar-refractivity contribution in [2.75, 3.05) is 6.54 Å². The van der Waals surface area contributed by atoms with Gasteiger partial charge in [-0.25, -0.2) is 14.4 Å². The number of nitrogens with one attached hydrogen (secondary N) is 1. The SMILES string of the molecule is C=C.C[C@@H]1CCCCN1NC(=O)c1ccc2c(c1)N=C(c1ccc(F)cc1)c1ccccc1S2.[HH]. The molecule has 2 aliphatic rings. The molecule has 0 saturated carbocycles. The van der Waals surface area contributed by atoms with E-state index in [-0.39, 0.29) is 13.2 Å². The summed E-state index contributed by atoms with van der Waals surface area (Å²) in [4.78, 5) is 20.0. The third-order valence-corrected chi connectivity index (χ3v) is 7.12. The lowest BCUT2D eigenvalue weighted by Gasteiger charge is -2.33. The summed E-state index contributed by atoms with van der Waals surface area (Å²) in [7, 11) is 0. The van der Waals surface area contributed by atoms with Gasteiger partial charge in [-0.3, -0.25) is 10.2 Å². The molecule has 4 nitrogen and oxygen atoms in total. The van der Waals surface area contributed by atoms with Gasteiger partial charge in [-0.05, 0) is 68.3 Å². The molecule has 3 aromatic carbocycles. The van der Waals surface area contributed by atoms with Crippen LogP contribution in [0.4, 0.5) is 10.1 Å². The lowest BCUT2D eigenvalue weighted by atomic mass is 10.0. The van der Waals surface area contributed by atoms with Gasteiger partial charge in [-0.15, -0.1) is 13.2 Å². The standard InChI is InChI=1S/C26H24FN3OS.C2H4.H2/c1-17-6-4-5-15-30(17)29-26(31)19-11-14-24-22(16-19)28-25(18-9-12-20(27)13-10-18)21-7-2-3-8-23(21)32-24;1-2;/h2-3,7-14,16-17H,4-6,15H2,1H3,(H,29,31);1-2H2;1H/t17-;;/m1../s1. The number of halogens is 1. The van der Waals surface area contributed by atoms with Crippen LogP contribution in [-0.4, -0.2) is 29.2 Å². The van der Waals surface area contributed by atoms with E-state index in [1.165, 1.54) is 18.6 Å². The van der Waals surface area contributed by atoms with Crippen LogP contribution >= 0.6 is 11.8 Å². The normalized spacial score (nSPS) is 17.2. The van der Waals surface area contributed by atoms with E-state index >= 15 is 0 Å². The van der Waals surface area contributed by atoms with Gasteiger partial charge in [0.25, 0.3) is 5.91 Å². The van der Waals surface area contributed by atoms with Crippen molar-refractivity contribution in [3.8, 4) is 0 Å². The van der Waals surface area contributed by atoms with E-state index in [2.05, 4.69) is 31.6 Å². The molecular formula is C28H30FN3OS. The van der Waals surface area contributed by atoms with Crippen molar-refractivity contribution in [2.45, 2.75) is 42.0 Å². The number of hydrogen-bond acceptors (Lipinski definition) is 4. The molecule has 1 saturated heterocycles. The fourth-order valence-electron chi connectivity index (χ4n) is 4.17. The minimum Gasteiger partial charge on any atom is -0.285 e. The van der Waals surface area contributed by atoms with Gasteiger partial charge in [0.15, 0.2) is 0 Å². The second kappa shape index (κ2) is 10.8. The van der Waals surface area contributed by atoms with Gasteiger partial charge >= 0.3 is 0 Å². The van der Waals surface area contributed by atoms with Crippen LogP contribution in [0.25, 0.3) is 0 Å². The Hall–Kier alpha value is -3.22. The lowest BCUT2D eigenvalue weighted by molar-refractivity contribution is 0.0612. The molecule has 5 rings (SSSR count). The van der Waals surface area contributed by atoms with Crippen molar-refractivity contribution in [1.82, 2.24) is 10.4 Å². The third-order valence-electron chi connectivity index (χ3n) is 5.98. The summed E-state index contributed by atoms with van der Waals surface area (Å²) in [6.45, 7) is 9.01. The van der Waals surface area contributed by atoms with Crippen molar-refractivity contribution < 1.29 is 10.6 Å². The summed E-state index contributed by atoms with van der Waals surface area (Å²) in [5, 5.41) is 2.04. The van der Waals surface area contributed by atoms with E-state index in [0.717, 1.165) is 51.7 Å². The van der Waals surface area contributed by atoms with Crippen LogP contribution in [0.1, 0.15) is 49.1 Å². The highest BCUT2D eigenvalue weighted by Crippen LogP contribution is 2.41. The highest BCUT2D eigenvalue weighted by Gasteiger charge is 2.23. The van der Waals surface area contributed by atoms with E-state index in [0.29, 0.717) is 11.6 Å². The molecule has 0 unspecified atom stereocenters. The fraction of sp³-hybridized carbons (Fsp3) is 0.214. The highest BCUT2D eigenvalue weighted by molar-refractivity contribution is 7.99. The molecule has 2 aliphatic heterocycles. The number of aliphatic imine (C=N–C) groups is 1. The van der Waals surface area contributed by atoms with Crippen LogP contribution < -0.4 is 5.43 Å². The number of piperidine rings is 1. The Labute approximate surface area is 206 Å². The van der Waals surface area contributed by atoms with Gasteiger partial charge in [-0.1, -0.05) is 36.4 Å². The second-order valence-corrected chi connectivity index (χ2v) is 9.31. The summed E-state index contributed by atoms with van der Waals surface area (Å²) in [5.74, 6) is -0.399. The minimum atomic E-state index is -0.281.